The molecule has 1 aliphatic heterocycles. The van der Waals surface area contributed by atoms with Crippen LogP contribution >= 0.6 is 15.9 Å². The first-order valence-electron chi connectivity index (χ1n) is 5.83. The second kappa shape index (κ2) is 5.49. The van der Waals surface area contributed by atoms with Crippen LogP contribution in [-0.4, -0.2) is 28.8 Å². The minimum Gasteiger partial charge on any atom is -0.355 e. The summed E-state index contributed by atoms with van der Waals surface area (Å²) < 4.78 is 0. The van der Waals surface area contributed by atoms with E-state index in [2.05, 4.69) is 31.1 Å². The van der Waals surface area contributed by atoms with E-state index in [1.54, 1.807) is 13.1 Å². The summed E-state index contributed by atoms with van der Waals surface area (Å²) in [5, 5.41) is 2.90. The molecule has 1 amide bonds. The van der Waals surface area contributed by atoms with Gasteiger partial charge in [0, 0.05) is 19.3 Å². The zero-order chi connectivity index (χ0) is 12.3. The quantitative estimate of drug-likeness (QED) is 0.872. The first-order chi connectivity index (χ1) is 8.18. The zero-order valence-corrected chi connectivity index (χ0v) is 11.4. The highest BCUT2D eigenvalue weighted by molar-refractivity contribution is 9.10. The molecule has 1 fully saturated rings. The van der Waals surface area contributed by atoms with E-state index in [1.807, 2.05) is 12.1 Å². The van der Waals surface area contributed by atoms with E-state index in [0.717, 1.165) is 24.6 Å². The molecule has 1 unspecified atom stereocenters. The van der Waals surface area contributed by atoms with E-state index >= 15 is 0 Å². The highest BCUT2D eigenvalue weighted by atomic mass is 79.9. The fraction of sp³-hybridized carbons (Fsp3) is 0.500. The van der Waals surface area contributed by atoms with Gasteiger partial charge in [-0.15, -0.1) is 0 Å². The predicted octanol–water partition coefficient (Wildman–Crippen LogP) is 2.40. The van der Waals surface area contributed by atoms with Gasteiger partial charge in [0.2, 0.25) is 5.91 Å². The number of aromatic nitrogens is 1. The Balaban J connectivity index is 2.18. The molecule has 1 N–H and O–H groups in total. The summed E-state index contributed by atoms with van der Waals surface area (Å²) in [7, 11) is 0. The number of nitrogens with zero attached hydrogens (tertiary/aromatic N) is 2. The minimum absolute atomic E-state index is 0.0431. The molecule has 5 heteroatoms. The van der Waals surface area contributed by atoms with Gasteiger partial charge in [-0.05, 0) is 31.9 Å². The van der Waals surface area contributed by atoms with Crippen LogP contribution in [-0.2, 0) is 4.79 Å². The topological polar surface area (TPSA) is 45.2 Å². The van der Waals surface area contributed by atoms with Gasteiger partial charge in [-0.25, -0.2) is 4.98 Å². The maximum atomic E-state index is 11.7. The molecule has 2 rings (SSSR count). The van der Waals surface area contributed by atoms with Gasteiger partial charge in [0.15, 0.2) is 5.82 Å². The lowest BCUT2D eigenvalue weighted by molar-refractivity contribution is -0.115. The van der Waals surface area contributed by atoms with E-state index in [9.17, 15) is 4.79 Å². The number of halogens is 1. The van der Waals surface area contributed by atoms with Crippen molar-refractivity contribution in [2.24, 2.45) is 0 Å². The van der Waals surface area contributed by atoms with Crippen LogP contribution in [0.25, 0.3) is 0 Å². The number of anilines is 2. The molecule has 4 nitrogen and oxygen atoms in total. The van der Waals surface area contributed by atoms with Crippen molar-refractivity contribution in [3.8, 4) is 0 Å². The molecule has 1 aromatic heterocycles. The third-order valence-electron chi connectivity index (χ3n) is 2.81. The third kappa shape index (κ3) is 2.97. The molecule has 2 heterocycles. The van der Waals surface area contributed by atoms with E-state index in [0.29, 0.717) is 0 Å². The monoisotopic (exact) mass is 297 g/mol. The number of amides is 1. The molecule has 0 radical (unpaired) electrons. The van der Waals surface area contributed by atoms with Crippen LogP contribution in [0.15, 0.2) is 18.3 Å². The van der Waals surface area contributed by atoms with Gasteiger partial charge in [-0.3, -0.25) is 4.79 Å². The van der Waals surface area contributed by atoms with E-state index in [-0.39, 0.29) is 10.7 Å². The highest BCUT2D eigenvalue weighted by Crippen LogP contribution is 2.26. The molecular formula is C12H16BrN3O. The number of nitrogens with one attached hydrogen (secondary N) is 1. The van der Waals surface area contributed by atoms with E-state index < -0.39 is 0 Å². The molecule has 17 heavy (non-hydrogen) atoms. The van der Waals surface area contributed by atoms with Crippen LogP contribution in [0.4, 0.5) is 11.5 Å². The standard InChI is InChI=1S/C12H16BrN3O/c1-9(13)12(17)15-10-5-4-6-14-11(10)16-7-2-3-8-16/h4-6,9H,2-3,7-8H2,1H3,(H,15,17). The molecule has 1 aromatic rings. The van der Waals surface area contributed by atoms with Crippen LogP contribution < -0.4 is 10.2 Å². The normalized spacial score (nSPS) is 16.9. The first kappa shape index (κ1) is 12.4. The second-order valence-electron chi connectivity index (χ2n) is 4.17. The Kier molecular flexibility index (Phi) is 3.99. The van der Waals surface area contributed by atoms with Gasteiger partial charge in [0.05, 0.1) is 10.5 Å². The molecule has 0 bridgehead atoms. The van der Waals surface area contributed by atoms with Gasteiger partial charge < -0.3 is 10.2 Å². The molecule has 92 valence electrons. The van der Waals surface area contributed by atoms with Gasteiger partial charge in [-0.2, -0.15) is 0 Å². The van der Waals surface area contributed by atoms with Gasteiger partial charge >= 0.3 is 0 Å². The lowest BCUT2D eigenvalue weighted by atomic mass is 10.3. The van der Waals surface area contributed by atoms with Crippen molar-refractivity contribution in [2.45, 2.75) is 24.6 Å². The maximum Gasteiger partial charge on any atom is 0.237 e. The Morgan fingerprint density at radius 1 is 1.53 bits per heavy atom. The highest BCUT2D eigenvalue weighted by Gasteiger charge is 2.18. The summed E-state index contributed by atoms with van der Waals surface area (Å²) in [5.74, 6) is 0.838. The van der Waals surface area contributed by atoms with Gasteiger partial charge in [-0.1, -0.05) is 15.9 Å². The molecule has 1 aliphatic rings. The fourth-order valence-corrected chi connectivity index (χ4v) is 2.02. The molecule has 1 atom stereocenters. The van der Waals surface area contributed by atoms with E-state index in [4.69, 9.17) is 0 Å². The van der Waals surface area contributed by atoms with E-state index in [1.165, 1.54) is 12.8 Å². The van der Waals surface area contributed by atoms with Crippen molar-refractivity contribution >= 4 is 33.3 Å². The predicted molar refractivity (Wildman–Crippen MR) is 72.7 cm³/mol. The number of hydrogen-bond donors (Lipinski definition) is 1. The summed E-state index contributed by atoms with van der Waals surface area (Å²) in [6.45, 7) is 3.84. The van der Waals surface area contributed by atoms with Crippen molar-refractivity contribution in [2.75, 3.05) is 23.3 Å². The number of carbonyl (C=O) groups is 1. The van der Waals surface area contributed by atoms with Gasteiger partial charge in [0.25, 0.3) is 0 Å². The van der Waals surface area contributed by atoms with Gasteiger partial charge in [0.1, 0.15) is 0 Å². The van der Waals surface area contributed by atoms with Crippen LogP contribution in [0.1, 0.15) is 19.8 Å². The molecule has 0 spiro atoms. The Labute approximate surface area is 110 Å². The lowest BCUT2D eigenvalue weighted by Crippen LogP contribution is -2.24. The average molecular weight is 298 g/mol. The smallest absolute Gasteiger partial charge is 0.237 e. The maximum absolute atomic E-state index is 11.7. The Morgan fingerprint density at radius 3 is 2.88 bits per heavy atom. The molecular weight excluding hydrogens is 282 g/mol. The number of alkyl halides is 1. The van der Waals surface area contributed by atoms with Crippen molar-refractivity contribution in [3.05, 3.63) is 18.3 Å². The third-order valence-corrected chi connectivity index (χ3v) is 3.23. The first-order valence-corrected chi connectivity index (χ1v) is 6.75. The Morgan fingerprint density at radius 2 is 2.24 bits per heavy atom. The van der Waals surface area contributed by atoms with Crippen LogP contribution in [0.2, 0.25) is 0 Å². The summed E-state index contributed by atoms with van der Waals surface area (Å²) >= 11 is 3.26. The van der Waals surface area contributed by atoms with Crippen LogP contribution in [0.5, 0.6) is 0 Å². The largest absolute Gasteiger partial charge is 0.355 e. The zero-order valence-electron chi connectivity index (χ0n) is 9.82. The summed E-state index contributed by atoms with van der Waals surface area (Å²) in [4.78, 5) is 18.1. The van der Waals surface area contributed by atoms with Crippen molar-refractivity contribution < 1.29 is 4.79 Å². The van der Waals surface area contributed by atoms with Crippen LogP contribution in [0, 0.1) is 0 Å². The molecule has 0 aromatic carbocycles. The van der Waals surface area contributed by atoms with Crippen LogP contribution in [0.3, 0.4) is 0 Å². The number of pyridine rings is 1. The van der Waals surface area contributed by atoms with Crippen molar-refractivity contribution in [1.29, 1.82) is 0 Å². The van der Waals surface area contributed by atoms with Crippen molar-refractivity contribution in [1.82, 2.24) is 4.98 Å². The van der Waals surface area contributed by atoms with Crippen molar-refractivity contribution in [3.63, 3.8) is 0 Å². The summed E-state index contributed by atoms with van der Waals surface area (Å²) in [5.41, 5.74) is 0.797. The summed E-state index contributed by atoms with van der Waals surface area (Å²) in [6.07, 6.45) is 4.15. The number of hydrogen-bond acceptors (Lipinski definition) is 3. The number of carbonyl (C=O) groups excluding carboxylic acids is 1. The summed E-state index contributed by atoms with van der Waals surface area (Å²) in [6, 6.07) is 3.74. The minimum atomic E-state index is -0.200. The number of rotatable bonds is 3. The molecule has 0 saturated carbocycles. The fourth-order valence-electron chi connectivity index (χ4n) is 1.91. The molecule has 1 saturated heterocycles. The molecule has 0 aliphatic carbocycles. The second-order valence-corrected chi connectivity index (χ2v) is 5.55. The lowest BCUT2D eigenvalue weighted by Gasteiger charge is -2.20. The SMILES string of the molecule is CC(Br)C(=O)Nc1cccnc1N1CCCC1. The average Bonchev–Trinajstić information content (AvgIpc) is 2.83. The Hall–Kier alpha value is -1.10. The Bertz CT molecular complexity index is 402.